The quantitative estimate of drug-likeness (QED) is 0.485. The summed E-state index contributed by atoms with van der Waals surface area (Å²) >= 11 is 0. The number of hydrogen-bond donors (Lipinski definition) is 1. The molecule has 1 N–H and O–H groups in total. The maximum absolute atomic E-state index is 14.5. The molecule has 2 fully saturated rings. The van der Waals surface area contributed by atoms with Crippen molar-refractivity contribution in [2.75, 3.05) is 19.7 Å². The number of carbonyl (C=O) groups excluding carboxylic acids is 2. The van der Waals surface area contributed by atoms with Gasteiger partial charge in [0.15, 0.2) is 0 Å². The highest BCUT2D eigenvalue weighted by atomic mass is 19.1. The molecule has 0 bridgehead atoms. The van der Waals surface area contributed by atoms with Gasteiger partial charge in [0.05, 0.1) is 12.2 Å². The monoisotopic (exact) mass is 451 g/mol. The second-order valence-corrected chi connectivity index (χ2v) is 10.5. The Labute approximate surface area is 191 Å². The number of benzene rings is 1. The third kappa shape index (κ3) is 9.15. The molecular formula is C25H38FNO5. The maximum Gasteiger partial charge on any atom is 0.341 e. The molecule has 0 amide bonds. The molecule has 6 nitrogen and oxygen atoms in total. The summed E-state index contributed by atoms with van der Waals surface area (Å²) in [7, 11) is 0. The Morgan fingerprint density at radius 3 is 2.28 bits per heavy atom. The van der Waals surface area contributed by atoms with Crippen LogP contribution in [0.15, 0.2) is 12.1 Å². The van der Waals surface area contributed by atoms with Gasteiger partial charge in [0.2, 0.25) is 0 Å². The number of ether oxygens (including phenoxy) is 3. The molecule has 0 radical (unpaired) electrons. The molecule has 7 heteroatoms. The molecule has 3 rings (SSSR count). The number of esters is 1. The van der Waals surface area contributed by atoms with Crippen molar-refractivity contribution in [3.8, 4) is 5.75 Å². The molecule has 1 saturated heterocycles. The van der Waals surface area contributed by atoms with E-state index in [9.17, 15) is 14.0 Å². The summed E-state index contributed by atoms with van der Waals surface area (Å²) in [5, 5.41) is 3.36. The van der Waals surface area contributed by atoms with Crippen LogP contribution < -0.4 is 10.1 Å². The van der Waals surface area contributed by atoms with Gasteiger partial charge in [-0.1, -0.05) is 0 Å². The largest absolute Gasteiger partial charge is 0.493 e. The van der Waals surface area contributed by atoms with Crippen molar-refractivity contribution >= 4 is 12.4 Å². The van der Waals surface area contributed by atoms with Crippen LogP contribution in [0.4, 0.5) is 4.39 Å². The lowest BCUT2D eigenvalue weighted by Crippen LogP contribution is -2.33. The van der Waals surface area contributed by atoms with E-state index < -0.39 is 17.4 Å². The summed E-state index contributed by atoms with van der Waals surface area (Å²) in [6, 6.07) is 3.00. The van der Waals surface area contributed by atoms with Gasteiger partial charge in [-0.05, 0) is 91.3 Å². The molecule has 1 aromatic rings. The zero-order valence-corrected chi connectivity index (χ0v) is 20.3. The maximum atomic E-state index is 14.5. The van der Waals surface area contributed by atoms with E-state index in [4.69, 9.17) is 9.47 Å². The van der Waals surface area contributed by atoms with E-state index in [0.717, 1.165) is 44.3 Å². The predicted octanol–water partition coefficient (Wildman–Crippen LogP) is 4.99. The third-order valence-corrected chi connectivity index (χ3v) is 5.01. The van der Waals surface area contributed by atoms with Crippen LogP contribution >= 0.6 is 0 Å². The highest BCUT2D eigenvalue weighted by Crippen LogP contribution is 2.45. The summed E-state index contributed by atoms with van der Waals surface area (Å²) in [5.41, 5.74) is -0.0247. The number of piperidine rings is 1. The van der Waals surface area contributed by atoms with Gasteiger partial charge in [-0.15, -0.1) is 0 Å². The third-order valence-electron chi connectivity index (χ3n) is 5.01. The summed E-state index contributed by atoms with van der Waals surface area (Å²) in [4.78, 5) is 21.9. The van der Waals surface area contributed by atoms with Crippen molar-refractivity contribution in [1.82, 2.24) is 5.32 Å². The number of rotatable bonds is 6. The van der Waals surface area contributed by atoms with Gasteiger partial charge in [0.1, 0.15) is 22.8 Å². The molecule has 0 aromatic heterocycles. The zero-order chi connectivity index (χ0) is 23.9. The number of carbonyl (C=O) groups is 2. The van der Waals surface area contributed by atoms with E-state index in [1.165, 1.54) is 6.07 Å². The minimum absolute atomic E-state index is 0.00325. The van der Waals surface area contributed by atoms with Crippen LogP contribution in [0.25, 0.3) is 0 Å². The molecule has 1 aliphatic heterocycles. The van der Waals surface area contributed by atoms with Crippen LogP contribution in [0, 0.1) is 11.7 Å². The van der Waals surface area contributed by atoms with Crippen molar-refractivity contribution in [2.45, 2.75) is 84.3 Å². The van der Waals surface area contributed by atoms with E-state index in [0.29, 0.717) is 30.7 Å². The lowest BCUT2D eigenvalue weighted by atomic mass is 10.0. The molecular weight excluding hydrogens is 413 g/mol. The first kappa shape index (κ1) is 26.1. The van der Waals surface area contributed by atoms with E-state index in [2.05, 4.69) is 10.1 Å². The number of hydrogen-bond acceptors (Lipinski definition) is 6. The fourth-order valence-corrected chi connectivity index (χ4v) is 3.32. The molecule has 1 saturated carbocycles. The van der Waals surface area contributed by atoms with Crippen LogP contribution in [0.2, 0.25) is 0 Å². The number of halogens is 1. The van der Waals surface area contributed by atoms with Gasteiger partial charge >= 0.3 is 5.97 Å². The van der Waals surface area contributed by atoms with Gasteiger partial charge in [-0.3, -0.25) is 4.79 Å². The van der Waals surface area contributed by atoms with Crippen molar-refractivity contribution in [3.63, 3.8) is 0 Å². The van der Waals surface area contributed by atoms with Crippen molar-refractivity contribution in [2.24, 2.45) is 5.92 Å². The second-order valence-electron chi connectivity index (χ2n) is 10.5. The SMILES string of the molecule is CC(C)(C)OC(=O)c1cc(C2CC2)c(OCC2CCCNC2)cc1F.CC(C)(C)OC=O. The Balaban J connectivity index is 0.000000451. The Morgan fingerprint density at radius 2 is 1.81 bits per heavy atom. The highest BCUT2D eigenvalue weighted by Gasteiger charge is 2.31. The Morgan fingerprint density at radius 1 is 1.12 bits per heavy atom. The average Bonchev–Trinajstić information content (AvgIpc) is 3.50. The first-order valence-corrected chi connectivity index (χ1v) is 11.4. The lowest BCUT2D eigenvalue weighted by molar-refractivity contribution is -0.138. The van der Waals surface area contributed by atoms with E-state index >= 15 is 0 Å². The smallest absolute Gasteiger partial charge is 0.341 e. The highest BCUT2D eigenvalue weighted by molar-refractivity contribution is 5.90. The first-order valence-electron chi connectivity index (χ1n) is 11.4. The van der Waals surface area contributed by atoms with Gasteiger partial charge in [0.25, 0.3) is 6.47 Å². The zero-order valence-electron chi connectivity index (χ0n) is 20.3. The van der Waals surface area contributed by atoms with Gasteiger partial charge in [-0.2, -0.15) is 0 Å². The summed E-state index contributed by atoms with van der Waals surface area (Å²) in [5.74, 6) is 0.207. The lowest BCUT2D eigenvalue weighted by Gasteiger charge is -2.24. The minimum Gasteiger partial charge on any atom is -0.493 e. The molecule has 180 valence electrons. The van der Waals surface area contributed by atoms with Gasteiger partial charge in [-0.25, -0.2) is 9.18 Å². The molecule has 1 aromatic carbocycles. The van der Waals surface area contributed by atoms with Crippen LogP contribution in [-0.4, -0.2) is 43.3 Å². The van der Waals surface area contributed by atoms with Crippen LogP contribution in [0.5, 0.6) is 5.75 Å². The number of nitrogens with one attached hydrogen (secondary N) is 1. The summed E-state index contributed by atoms with van der Waals surface area (Å²) in [6.45, 7) is 13.8. The van der Waals surface area contributed by atoms with Crippen LogP contribution in [-0.2, 0) is 14.3 Å². The molecule has 1 aliphatic carbocycles. The molecule has 0 spiro atoms. The van der Waals surface area contributed by atoms with Crippen molar-refractivity contribution in [1.29, 1.82) is 0 Å². The van der Waals surface area contributed by atoms with Gasteiger partial charge < -0.3 is 19.5 Å². The Kier molecular flexibility index (Phi) is 9.08. The fraction of sp³-hybridized carbons (Fsp3) is 0.680. The van der Waals surface area contributed by atoms with E-state index in [1.807, 2.05) is 20.8 Å². The molecule has 2 aliphatic rings. The normalized spacial score (nSPS) is 18.8. The summed E-state index contributed by atoms with van der Waals surface area (Å²) < 4.78 is 30.3. The molecule has 1 atom stereocenters. The van der Waals surface area contributed by atoms with Crippen molar-refractivity contribution in [3.05, 3.63) is 29.1 Å². The molecule has 1 unspecified atom stereocenters. The van der Waals surface area contributed by atoms with Crippen LogP contribution in [0.1, 0.15) is 89.1 Å². The summed E-state index contributed by atoms with van der Waals surface area (Å²) in [6.07, 6.45) is 4.39. The van der Waals surface area contributed by atoms with Gasteiger partial charge in [0, 0.05) is 18.5 Å². The Hall–Kier alpha value is -2.15. The predicted molar refractivity (Wildman–Crippen MR) is 122 cm³/mol. The second kappa shape index (κ2) is 11.1. The van der Waals surface area contributed by atoms with Crippen LogP contribution in [0.3, 0.4) is 0 Å². The standard InChI is InChI=1S/C20H28FNO3.C5H10O2/c1-20(2,3)25-19(23)16-9-15(14-6-7-14)18(10-17(16)21)24-12-13-5-4-8-22-11-13;1-5(2,3)7-4-6/h9-10,13-14,22H,4-8,11-12H2,1-3H3;4H,1-3H3. The first-order chi connectivity index (χ1) is 14.9. The Bertz CT molecular complexity index is 772. The minimum atomic E-state index is -0.646. The van der Waals surface area contributed by atoms with E-state index in [-0.39, 0.29) is 11.2 Å². The fourth-order valence-electron chi connectivity index (χ4n) is 3.32. The molecule has 1 heterocycles. The molecule has 32 heavy (non-hydrogen) atoms. The average molecular weight is 452 g/mol. The topological polar surface area (TPSA) is 73.9 Å². The van der Waals surface area contributed by atoms with E-state index in [1.54, 1.807) is 26.8 Å². The van der Waals surface area contributed by atoms with Crippen molar-refractivity contribution < 1.29 is 28.2 Å².